The van der Waals surface area contributed by atoms with Crippen molar-refractivity contribution in [3.63, 3.8) is 0 Å². The summed E-state index contributed by atoms with van der Waals surface area (Å²) in [5, 5.41) is 5.57. The van der Waals surface area contributed by atoms with Crippen molar-refractivity contribution in [1.82, 2.24) is 10.6 Å². The van der Waals surface area contributed by atoms with Crippen LogP contribution in [0.3, 0.4) is 0 Å². The molecule has 0 spiro atoms. The van der Waals surface area contributed by atoms with Crippen molar-refractivity contribution >= 4 is 17.9 Å². The molecule has 0 aromatic heterocycles. The summed E-state index contributed by atoms with van der Waals surface area (Å²) in [6.07, 6.45) is 2.67. The summed E-state index contributed by atoms with van der Waals surface area (Å²) in [4.78, 5) is 25.7. The van der Waals surface area contributed by atoms with E-state index in [1.165, 1.54) is 30.3 Å². The fourth-order valence-corrected chi connectivity index (χ4v) is 3.27. The first kappa shape index (κ1) is 24.6. The van der Waals surface area contributed by atoms with Gasteiger partial charge in [0.25, 0.3) is 11.8 Å². The molecular formula is C27H26F2N2O3. The number of carbonyl (C=O) groups excluding carboxylic acids is 2. The summed E-state index contributed by atoms with van der Waals surface area (Å²) >= 11 is 0. The minimum Gasteiger partial charge on any atom is -0.435 e. The molecule has 0 unspecified atom stereocenters. The van der Waals surface area contributed by atoms with Crippen LogP contribution >= 0.6 is 0 Å². The molecule has 0 fully saturated rings. The smallest absolute Gasteiger partial charge is 0.387 e. The zero-order valence-electron chi connectivity index (χ0n) is 18.5. The highest BCUT2D eigenvalue weighted by Crippen LogP contribution is 2.17. The van der Waals surface area contributed by atoms with E-state index in [9.17, 15) is 18.4 Å². The number of hydrogen-bond donors (Lipinski definition) is 2. The molecular weight excluding hydrogens is 438 g/mol. The Balaban J connectivity index is 1.68. The number of amides is 2. The van der Waals surface area contributed by atoms with Crippen LogP contribution in [0.2, 0.25) is 0 Å². The summed E-state index contributed by atoms with van der Waals surface area (Å²) in [5.74, 6) is -1.03. The number of halogens is 2. The van der Waals surface area contributed by atoms with Crippen molar-refractivity contribution in [2.24, 2.45) is 0 Å². The number of alkyl halides is 2. The molecule has 0 aliphatic rings. The predicted molar refractivity (Wildman–Crippen MR) is 127 cm³/mol. The van der Waals surface area contributed by atoms with Crippen molar-refractivity contribution in [1.29, 1.82) is 0 Å². The lowest BCUT2D eigenvalue weighted by molar-refractivity contribution is -0.123. The van der Waals surface area contributed by atoms with Gasteiger partial charge in [0.1, 0.15) is 11.3 Å². The SMILES string of the molecule is O=C(NCCc1ccccc1)C(=Cc1ccc(OC(F)F)cc1)C(=O)NCCc1ccccc1. The molecule has 0 atom stereocenters. The standard InChI is InChI=1S/C27H26F2N2O3/c28-27(29)34-23-13-11-22(12-14-23)19-24(25(32)30-17-15-20-7-3-1-4-8-20)26(33)31-18-16-21-9-5-2-6-10-21/h1-14,19,27H,15-18H2,(H,30,32)(H,31,33). The Morgan fingerprint density at radius 2 is 1.21 bits per heavy atom. The molecule has 5 nitrogen and oxygen atoms in total. The zero-order chi connectivity index (χ0) is 24.2. The van der Waals surface area contributed by atoms with Gasteiger partial charge in [0.05, 0.1) is 0 Å². The second-order valence-electron chi connectivity index (χ2n) is 7.49. The highest BCUT2D eigenvalue weighted by Gasteiger charge is 2.18. The molecule has 7 heteroatoms. The van der Waals surface area contributed by atoms with Gasteiger partial charge in [-0.3, -0.25) is 9.59 Å². The van der Waals surface area contributed by atoms with E-state index in [2.05, 4.69) is 15.4 Å². The number of hydrogen-bond acceptors (Lipinski definition) is 3. The number of benzene rings is 3. The normalized spacial score (nSPS) is 10.4. The van der Waals surface area contributed by atoms with E-state index in [1.54, 1.807) is 0 Å². The lowest BCUT2D eigenvalue weighted by atomic mass is 10.1. The number of rotatable bonds is 11. The second-order valence-corrected chi connectivity index (χ2v) is 7.49. The minimum atomic E-state index is -2.93. The third-order valence-electron chi connectivity index (χ3n) is 4.99. The van der Waals surface area contributed by atoms with Crippen LogP contribution < -0.4 is 15.4 Å². The highest BCUT2D eigenvalue weighted by atomic mass is 19.3. The minimum absolute atomic E-state index is 0.00618. The Morgan fingerprint density at radius 3 is 1.65 bits per heavy atom. The Hall–Kier alpha value is -4.00. The van der Waals surface area contributed by atoms with Crippen molar-refractivity contribution in [3.05, 3.63) is 107 Å². The molecule has 3 aromatic carbocycles. The first-order chi connectivity index (χ1) is 16.5. The van der Waals surface area contributed by atoms with Crippen molar-refractivity contribution in [2.45, 2.75) is 19.5 Å². The Bertz CT molecular complexity index is 1030. The van der Waals surface area contributed by atoms with Crippen LogP contribution in [0.5, 0.6) is 5.75 Å². The molecule has 0 aliphatic heterocycles. The molecule has 34 heavy (non-hydrogen) atoms. The predicted octanol–water partition coefficient (Wildman–Crippen LogP) is 4.39. The summed E-state index contributed by atoms with van der Waals surface area (Å²) in [6, 6.07) is 25.1. The van der Waals surface area contributed by atoms with Crippen molar-refractivity contribution in [3.8, 4) is 5.75 Å². The molecule has 0 heterocycles. The van der Waals surface area contributed by atoms with Gasteiger partial charge in [0.15, 0.2) is 0 Å². The summed E-state index contributed by atoms with van der Waals surface area (Å²) < 4.78 is 29.1. The fraction of sp³-hybridized carbons (Fsp3) is 0.185. The molecule has 0 saturated heterocycles. The maximum absolute atomic E-state index is 12.9. The Kier molecular flexibility index (Phi) is 9.34. The van der Waals surface area contributed by atoms with Gasteiger partial charge >= 0.3 is 6.61 Å². The van der Waals surface area contributed by atoms with Crippen LogP contribution in [0.1, 0.15) is 16.7 Å². The van der Waals surface area contributed by atoms with E-state index in [-0.39, 0.29) is 11.3 Å². The van der Waals surface area contributed by atoms with E-state index in [0.29, 0.717) is 31.5 Å². The monoisotopic (exact) mass is 464 g/mol. The average Bonchev–Trinajstić information content (AvgIpc) is 2.84. The number of carbonyl (C=O) groups is 2. The molecule has 3 rings (SSSR count). The topological polar surface area (TPSA) is 67.4 Å². The molecule has 176 valence electrons. The molecule has 3 aromatic rings. The van der Waals surface area contributed by atoms with Gasteiger partial charge < -0.3 is 15.4 Å². The van der Waals surface area contributed by atoms with Crippen molar-refractivity contribution in [2.75, 3.05) is 13.1 Å². The second kappa shape index (κ2) is 12.9. The Morgan fingerprint density at radius 1 is 0.735 bits per heavy atom. The first-order valence-electron chi connectivity index (χ1n) is 10.9. The summed E-state index contributed by atoms with van der Waals surface area (Å²) in [6.45, 7) is -2.21. The van der Waals surface area contributed by atoms with Crippen LogP contribution in [0.25, 0.3) is 6.08 Å². The van der Waals surface area contributed by atoms with E-state index in [1.807, 2.05) is 60.7 Å². The van der Waals surface area contributed by atoms with E-state index < -0.39 is 18.4 Å². The zero-order valence-corrected chi connectivity index (χ0v) is 18.5. The maximum atomic E-state index is 12.9. The van der Waals surface area contributed by atoms with Gasteiger partial charge in [-0.25, -0.2) is 0 Å². The molecule has 0 radical (unpaired) electrons. The van der Waals surface area contributed by atoms with E-state index >= 15 is 0 Å². The van der Waals surface area contributed by atoms with Crippen LogP contribution in [-0.4, -0.2) is 31.5 Å². The van der Waals surface area contributed by atoms with Crippen LogP contribution in [0.15, 0.2) is 90.5 Å². The summed E-state index contributed by atoms with van der Waals surface area (Å²) in [5.41, 5.74) is 2.57. The maximum Gasteiger partial charge on any atom is 0.387 e. The first-order valence-corrected chi connectivity index (χ1v) is 10.9. The molecule has 0 saturated carbocycles. The van der Waals surface area contributed by atoms with Gasteiger partial charge in [0.2, 0.25) is 0 Å². The average molecular weight is 465 g/mol. The largest absolute Gasteiger partial charge is 0.435 e. The van der Waals surface area contributed by atoms with Gasteiger partial charge in [0, 0.05) is 13.1 Å². The lowest BCUT2D eigenvalue weighted by Gasteiger charge is -2.11. The van der Waals surface area contributed by atoms with Crippen molar-refractivity contribution < 1.29 is 23.1 Å². The van der Waals surface area contributed by atoms with Gasteiger partial charge in [-0.2, -0.15) is 8.78 Å². The Labute approximate surface area is 197 Å². The van der Waals surface area contributed by atoms with Gasteiger partial charge in [-0.15, -0.1) is 0 Å². The third-order valence-corrected chi connectivity index (χ3v) is 4.99. The van der Waals surface area contributed by atoms with E-state index in [0.717, 1.165) is 11.1 Å². The van der Waals surface area contributed by atoms with Crippen LogP contribution in [-0.2, 0) is 22.4 Å². The number of nitrogens with one attached hydrogen (secondary N) is 2. The van der Waals surface area contributed by atoms with E-state index in [4.69, 9.17) is 0 Å². The molecule has 0 aliphatic carbocycles. The molecule has 2 amide bonds. The fourth-order valence-electron chi connectivity index (χ4n) is 3.27. The number of ether oxygens (including phenoxy) is 1. The molecule has 2 N–H and O–H groups in total. The third kappa shape index (κ3) is 8.16. The highest BCUT2D eigenvalue weighted by molar-refractivity contribution is 6.21. The van der Waals surface area contributed by atoms with Crippen LogP contribution in [0.4, 0.5) is 8.78 Å². The lowest BCUT2D eigenvalue weighted by Crippen LogP contribution is -2.36. The van der Waals surface area contributed by atoms with Gasteiger partial charge in [-0.1, -0.05) is 72.8 Å². The van der Waals surface area contributed by atoms with Gasteiger partial charge in [-0.05, 0) is 47.7 Å². The quantitative estimate of drug-likeness (QED) is 0.251. The summed E-state index contributed by atoms with van der Waals surface area (Å²) in [7, 11) is 0. The van der Waals surface area contributed by atoms with Crippen LogP contribution in [0, 0.1) is 0 Å². The molecule has 0 bridgehead atoms.